The zero-order valence-corrected chi connectivity index (χ0v) is 34.8. The fraction of sp³-hybridized carbons (Fsp3) is 0.169. The van der Waals surface area contributed by atoms with Gasteiger partial charge in [-0.3, -0.25) is 0 Å². The second kappa shape index (κ2) is 13.4. The van der Waals surface area contributed by atoms with E-state index in [4.69, 9.17) is 19.4 Å². The summed E-state index contributed by atoms with van der Waals surface area (Å²) in [5, 5.41) is 4.74. The van der Waals surface area contributed by atoms with Crippen LogP contribution in [0.25, 0.3) is 100 Å². The minimum Gasteiger partial charge on any atom is -0.456 e. The molecule has 5 aliphatic rings. The van der Waals surface area contributed by atoms with Crippen molar-refractivity contribution < 1.29 is 4.42 Å². The first-order valence-corrected chi connectivity index (χ1v) is 22.7. The van der Waals surface area contributed by atoms with Crippen molar-refractivity contribution in [1.82, 2.24) is 15.0 Å². The highest BCUT2D eigenvalue weighted by molar-refractivity contribution is 6.11. The van der Waals surface area contributed by atoms with Gasteiger partial charge < -0.3 is 4.42 Å². The van der Waals surface area contributed by atoms with Crippen molar-refractivity contribution in [1.29, 1.82) is 0 Å². The average Bonchev–Trinajstić information content (AvgIpc) is 3.84. The first-order valence-electron chi connectivity index (χ1n) is 22.7. The molecule has 0 saturated heterocycles. The van der Waals surface area contributed by atoms with E-state index in [-0.39, 0.29) is 5.41 Å². The summed E-state index contributed by atoms with van der Waals surface area (Å²) in [5.74, 6) is 5.12. The van der Waals surface area contributed by atoms with Crippen molar-refractivity contribution in [2.24, 2.45) is 23.7 Å². The Bertz CT molecular complexity index is 3450. The molecule has 0 aliphatic heterocycles. The van der Waals surface area contributed by atoms with Gasteiger partial charge in [0.15, 0.2) is 17.5 Å². The van der Waals surface area contributed by atoms with Crippen LogP contribution in [0.5, 0.6) is 0 Å². The molecule has 63 heavy (non-hydrogen) atoms. The highest BCUT2D eigenvalue weighted by Crippen LogP contribution is 2.69. The monoisotopic (exact) mass is 809 g/mol. The van der Waals surface area contributed by atoms with Crippen LogP contribution in [-0.4, -0.2) is 15.0 Å². The van der Waals surface area contributed by atoms with E-state index in [1.807, 2.05) is 6.07 Å². The minimum atomic E-state index is 0.0399. The molecule has 10 aromatic rings. The maximum Gasteiger partial charge on any atom is 0.164 e. The van der Waals surface area contributed by atoms with Crippen molar-refractivity contribution in [2.75, 3.05) is 0 Å². The fourth-order valence-electron chi connectivity index (χ4n) is 13.0. The summed E-state index contributed by atoms with van der Waals surface area (Å²) in [6, 6.07) is 63.8. The molecule has 4 fully saturated rings. The van der Waals surface area contributed by atoms with E-state index in [9.17, 15) is 0 Å². The van der Waals surface area contributed by atoms with Crippen LogP contribution in [0.2, 0.25) is 0 Å². The second-order valence-corrected chi connectivity index (χ2v) is 18.8. The van der Waals surface area contributed by atoms with Crippen molar-refractivity contribution in [3.8, 4) is 67.5 Å². The van der Waals surface area contributed by atoms with Crippen LogP contribution in [0.1, 0.15) is 43.2 Å². The number of nitrogens with zero attached hydrogens (tertiary/aromatic N) is 3. The molecule has 300 valence electrons. The first-order chi connectivity index (χ1) is 31.1. The minimum absolute atomic E-state index is 0.0399. The topological polar surface area (TPSA) is 51.8 Å². The van der Waals surface area contributed by atoms with Crippen LogP contribution >= 0.6 is 0 Å². The molecule has 1 spiro atoms. The lowest BCUT2D eigenvalue weighted by atomic mass is 9.43. The third kappa shape index (κ3) is 5.37. The van der Waals surface area contributed by atoms with Crippen LogP contribution in [0.15, 0.2) is 180 Å². The normalized spacial score (nSPS) is 21.7. The molecular formula is C59H43N3O. The molecule has 0 atom stereocenters. The SMILES string of the molecule is c1ccc(-c2cccc(-c3nc(-c4ccccc4)nc(-c4ccc5c(c4)-c4cc(-c6ccc7oc8cc9ccccc9cc8c7c6)ccc4C54C5CC6CC(C5)CC4C6)n3)c2)cc1. The van der Waals surface area contributed by atoms with E-state index in [0.29, 0.717) is 29.3 Å². The van der Waals surface area contributed by atoms with Gasteiger partial charge in [-0.25, -0.2) is 15.0 Å². The Labute approximate surface area is 366 Å². The number of hydrogen-bond acceptors (Lipinski definition) is 4. The molecule has 5 aliphatic carbocycles. The van der Waals surface area contributed by atoms with Gasteiger partial charge in [0, 0.05) is 32.9 Å². The van der Waals surface area contributed by atoms with E-state index in [0.717, 1.165) is 56.0 Å². The number of aromatic nitrogens is 3. The van der Waals surface area contributed by atoms with Gasteiger partial charge in [0.25, 0.3) is 0 Å². The van der Waals surface area contributed by atoms with Crippen LogP contribution in [0, 0.1) is 23.7 Å². The first kappa shape index (κ1) is 35.4. The number of hydrogen-bond donors (Lipinski definition) is 0. The van der Waals surface area contributed by atoms with Crippen molar-refractivity contribution >= 4 is 32.7 Å². The van der Waals surface area contributed by atoms with Gasteiger partial charge in [-0.05, 0) is 154 Å². The van der Waals surface area contributed by atoms with E-state index in [1.165, 1.54) is 81.8 Å². The summed E-state index contributed by atoms with van der Waals surface area (Å²) in [4.78, 5) is 15.7. The number of fused-ring (bicyclic) bond motifs is 7. The zero-order valence-electron chi connectivity index (χ0n) is 34.8. The van der Waals surface area contributed by atoms with E-state index in [2.05, 4.69) is 170 Å². The molecule has 15 rings (SSSR count). The van der Waals surface area contributed by atoms with Crippen LogP contribution < -0.4 is 0 Å². The number of furan rings is 1. The summed E-state index contributed by atoms with van der Waals surface area (Å²) in [7, 11) is 0. The number of benzene rings is 8. The van der Waals surface area contributed by atoms with Gasteiger partial charge in [-0.15, -0.1) is 0 Å². The van der Waals surface area contributed by atoms with Gasteiger partial charge in [-0.2, -0.15) is 0 Å². The molecule has 0 radical (unpaired) electrons. The van der Waals surface area contributed by atoms with Crippen LogP contribution in [-0.2, 0) is 5.41 Å². The van der Waals surface area contributed by atoms with Crippen molar-refractivity contribution in [3.05, 3.63) is 187 Å². The van der Waals surface area contributed by atoms with Crippen molar-refractivity contribution in [3.63, 3.8) is 0 Å². The summed E-state index contributed by atoms with van der Waals surface area (Å²) in [5.41, 5.74) is 15.4. The molecule has 0 unspecified atom stereocenters. The maximum absolute atomic E-state index is 6.44. The molecule has 4 bridgehead atoms. The van der Waals surface area contributed by atoms with Gasteiger partial charge in [-0.1, -0.05) is 133 Å². The highest BCUT2D eigenvalue weighted by atomic mass is 16.3. The number of rotatable bonds is 5. The van der Waals surface area contributed by atoms with Crippen molar-refractivity contribution in [2.45, 2.75) is 37.5 Å². The predicted octanol–water partition coefficient (Wildman–Crippen LogP) is 15.0. The Morgan fingerprint density at radius 2 is 0.857 bits per heavy atom. The Hall–Kier alpha value is -7.17. The largest absolute Gasteiger partial charge is 0.456 e. The fourth-order valence-corrected chi connectivity index (χ4v) is 13.0. The van der Waals surface area contributed by atoms with Gasteiger partial charge in [0.1, 0.15) is 11.2 Å². The smallest absolute Gasteiger partial charge is 0.164 e. The van der Waals surface area contributed by atoms with E-state index < -0.39 is 0 Å². The molecule has 4 nitrogen and oxygen atoms in total. The van der Waals surface area contributed by atoms with Crippen LogP contribution in [0.3, 0.4) is 0 Å². The van der Waals surface area contributed by atoms with E-state index >= 15 is 0 Å². The Balaban J connectivity index is 0.942. The molecule has 0 N–H and O–H groups in total. The lowest BCUT2D eigenvalue weighted by molar-refractivity contribution is -0.0399. The van der Waals surface area contributed by atoms with Gasteiger partial charge >= 0.3 is 0 Å². The second-order valence-electron chi connectivity index (χ2n) is 18.8. The molecule has 0 amide bonds. The van der Waals surface area contributed by atoms with Gasteiger partial charge in [0.2, 0.25) is 0 Å². The van der Waals surface area contributed by atoms with Gasteiger partial charge in [0.05, 0.1) is 0 Å². The van der Waals surface area contributed by atoms with Crippen LogP contribution in [0.4, 0.5) is 0 Å². The zero-order chi connectivity index (χ0) is 41.2. The lowest BCUT2D eigenvalue weighted by Gasteiger charge is -2.61. The summed E-state index contributed by atoms with van der Waals surface area (Å²) < 4.78 is 6.44. The lowest BCUT2D eigenvalue weighted by Crippen LogP contribution is -2.55. The molecular weight excluding hydrogens is 767 g/mol. The maximum atomic E-state index is 6.44. The third-order valence-electron chi connectivity index (χ3n) is 15.5. The summed E-state index contributed by atoms with van der Waals surface area (Å²) in [6.07, 6.45) is 6.80. The Kier molecular flexibility index (Phi) is 7.54. The standard InChI is InChI=1S/C59H43N3O/c1-3-10-37(11-4-1)39-16-9-17-44(29-39)57-60-56(38-12-5-2-6-13-38)61-58(62-57)45-19-22-53-49(33-45)48-30-42(18-21-52(48)59(53)46-25-35-24-36(27-46)28-47(59)26-35)43-20-23-54-50(32-43)51-31-40-14-7-8-15-41(40)34-55(51)63-54/h1-23,29-36,46-47H,24-28H2. The highest BCUT2D eigenvalue weighted by Gasteiger charge is 2.61. The Morgan fingerprint density at radius 3 is 1.56 bits per heavy atom. The summed E-state index contributed by atoms with van der Waals surface area (Å²) in [6.45, 7) is 0. The average molecular weight is 810 g/mol. The summed E-state index contributed by atoms with van der Waals surface area (Å²) >= 11 is 0. The predicted molar refractivity (Wildman–Crippen MR) is 255 cm³/mol. The molecule has 8 aromatic carbocycles. The van der Waals surface area contributed by atoms with E-state index in [1.54, 1.807) is 0 Å². The molecule has 2 heterocycles. The molecule has 4 saturated carbocycles. The molecule has 4 heteroatoms. The Morgan fingerprint density at radius 1 is 0.365 bits per heavy atom. The quantitative estimate of drug-likeness (QED) is 0.174. The molecule has 2 aromatic heterocycles. The third-order valence-corrected chi connectivity index (χ3v) is 15.5.